The number of carbonyl (C=O) groups is 1. The first kappa shape index (κ1) is 9.14. The maximum absolute atomic E-state index is 9.97. The van der Waals surface area contributed by atoms with Gasteiger partial charge < -0.3 is 10.7 Å². The number of nitrogens with one attached hydrogen (secondary N) is 2. The molecule has 0 radical (unpaired) electrons. The van der Waals surface area contributed by atoms with E-state index in [9.17, 15) is 4.79 Å². The lowest BCUT2D eigenvalue weighted by molar-refractivity contribution is -0.110. The lowest BCUT2D eigenvalue weighted by atomic mass is 10.1. The van der Waals surface area contributed by atoms with Crippen molar-refractivity contribution in [3.63, 3.8) is 0 Å². The van der Waals surface area contributed by atoms with Crippen molar-refractivity contribution in [2.24, 2.45) is 0 Å². The predicted molar refractivity (Wildman–Crippen MR) is 41.3 cm³/mol. The second kappa shape index (κ2) is 6.26. The topological polar surface area (TPSA) is 53.0 Å². The van der Waals surface area contributed by atoms with Gasteiger partial charge in [-0.3, -0.25) is 4.79 Å². The summed E-state index contributed by atoms with van der Waals surface area (Å²) in [7, 11) is 0. The van der Waals surface area contributed by atoms with E-state index in [1.54, 1.807) is 0 Å². The fraction of sp³-hybridized carbons (Fsp3) is 0.714. The van der Waals surface area contributed by atoms with Crippen molar-refractivity contribution in [2.75, 3.05) is 0 Å². The van der Waals surface area contributed by atoms with Crippen LogP contribution >= 0.6 is 0 Å². The summed E-state index contributed by atoms with van der Waals surface area (Å²) in [5, 5.41) is 9.45. The minimum absolute atomic E-state index is 0.249. The monoisotopic (exact) mass is 142 g/mol. The van der Waals surface area contributed by atoms with Gasteiger partial charge in [-0.15, -0.1) is 0 Å². The zero-order chi connectivity index (χ0) is 7.82. The Morgan fingerprint density at radius 3 is 2.80 bits per heavy atom. The molecule has 10 heavy (non-hydrogen) atoms. The summed E-state index contributed by atoms with van der Waals surface area (Å²) in [4.78, 5) is 9.97. The Bertz CT molecular complexity index is 104. The van der Waals surface area contributed by atoms with Gasteiger partial charge in [0, 0.05) is 6.04 Å². The Hall–Kier alpha value is -0.860. The standard InChI is InChI=1S/C7H14N2O/c1-2-7(9-6-10)4-3-5-8/h5-8H,2-4H2,1H3,(H,9,10). The first-order valence-electron chi connectivity index (χ1n) is 3.53. The molecule has 0 aromatic carbocycles. The van der Waals surface area contributed by atoms with Crippen LogP contribution < -0.4 is 5.32 Å². The van der Waals surface area contributed by atoms with Crippen molar-refractivity contribution in [3.05, 3.63) is 0 Å². The Balaban J connectivity index is 3.38. The molecule has 58 valence electrons. The van der Waals surface area contributed by atoms with Crippen LogP contribution in [0.15, 0.2) is 0 Å². The molecule has 0 saturated heterocycles. The Labute approximate surface area is 61.3 Å². The lowest BCUT2D eigenvalue weighted by Crippen LogP contribution is -2.26. The fourth-order valence-corrected chi connectivity index (χ4v) is 0.786. The third-order valence-corrected chi connectivity index (χ3v) is 1.46. The molecule has 0 aliphatic carbocycles. The summed E-state index contributed by atoms with van der Waals surface area (Å²) in [5.41, 5.74) is 0. The lowest BCUT2D eigenvalue weighted by Gasteiger charge is -2.10. The van der Waals surface area contributed by atoms with Gasteiger partial charge in [-0.1, -0.05) is 6.92 Å². The highest BCUT2D eigenvalue weighted by molar-refractivity contribution is 5.53. The Morgan fingerprint density at radius 2 is 2.40 bits per heavy atom. The third kappa shape index (κ3) is 4.06. The zero-order valence-corrected chi connectivity index (χ0v) is 6.26. The van der Waals surface area contributed by atoms with Crippen molar-refractivity contribution in [2.45, 2.75) is 32.2 Å². The summed E-state index contributed by atoms with van der Waals surface area (Å²) in [6, 6.07) is 0.249. The fourth-order valence-electron chi connectivity index (χ4n) is 0.786. The molecule has 0 rings (SSSR count). The molecule has 0 aliphatic heterocycles. The van der Waals surface area contributed by atoms with Gasteiger partial charge in [-0.05, 0) is 25.5 Å². The Morgan fingerprint density at radius 1 is 1.70 bits per heavy atom. The van der Waals surface area contributed by atoms with Crippen molar-refractivity contribution in [3.8, 4) is 0 Å². The summed E-state index contributed by atoms with van der Waals surface area (Å²) < 4.78 is 0. The first-order valence-corrected chi connectivity index (χ1v) is 3.53. The van der Waals surface area contributed by atoms with E-state index >= 15 is 0 Å². The van der Waals surface area contributed by atoms with Gasteiger partial charge in [0.05, 0.1) is 0 Å². The van der Waals surface area contributed by atoms with Crippen LogP contribution in [0, 0.1) is 5.41 Å². The summed E-state index contributed by atoms with van der Waals surface area (Å²) in [5.74, 6) is 0. The molecule has 0 bridgehead atoms. The van der Waals surface area contributed by atoms with Gasteiger partial charge in [-0.25, -0.2) is 0 Å². The molecular weight excluding hydrogens is 128 g/mol. The molecular formula is C7H14N2O. The predicted octanol–water partition coefficient (Wildman–Crippen LogP) is 0.941. The van der Waals surface area contributed by atoms with Crippen LogP contribution in [0.5, 0.6) is 0 Å². The molecule has 0 aromatic rings. The second-order valence-corrected chi connectivity index (χ2v) is 2.17. The van der Waals surface area contributed by atoms with Gasteiger partial charge in [0.25, 0.3) is 0 Å². The van der Waals surface area contributed by atoms with Crippen molar-refractivity contribution < 1.29 is 4.79 Å². The first-order chi connectivity index (χ1) is 4.85. The van der Waals surface area contributed by atoms with Gasteiger partial charge in [-0.2, -0.15) is 0 Å². The van der Waals surface area contributed by atoms with E-state index in [2.05, 4.69) is 5.32 Å². The van der Waals surface area contributed by atoms with E-state index < -0.39 is 0 Å². The number of hydrogen-bond donors (Lipinski definition) is 2. The largest absolute Gasteiger partial charge is 0.356 e. The van der Waals surface area contributed by atoms with E-state index in [1.165, 1.54) is 6.21 Å². The van der Waals surface area contributed by atoms with E-state index in [0.29, 0.717) is 0 Å². The number of amides is 1. The van der Waals surface area contributed by atoms with E-state index in [-0.39, 0.29) is 6.04 Å². The van der Waals surface area contributed by atoms with Crippen molar-refractivity contribution in [1.82, 2.24) is 5.32 Å². The molecule has 1 amide bonds. The average Bonchev–Trinajstić information content (AvgIpc) is 1.98. The van der Waals surface area contributed by atoms with Crippen molar-refractivity contribution >= 4 is 12.6 Å². The molecule has 1 unspecified atom stereocenters. The normalized spacial score (nSPS) is 12.1. The maximum Gasteiger partial charge on any atom is 0.207 e. The molecule has 0 aromatic heterocycles. The van der Waals surface area contributed by atoms with Gasteiger partial charge in [0.15, 0.2) is 0 Å². The average molecular weight is 142 g/mol. The van der Waals surface area contributed by atoms with Gasteiger partial charge in [0.2, 0.25) is 6.41 Å². The van der Waals surface area contributed by atoms with E-state index in [1.807, 2.05) is 6.92 Å². The third-order valence-electron chi connectivity index (χ3n) is 1.46. The number of hydrogen-bond acceptors (Lipinski definition) is 2. The highest BCUT2D eigenvalue weighted by Gasteiger charge is 2.00. The van der Waals surface area contributed by atoms with Crippen LogP contribution in [0.2, 0.25) is 0 Å². The summed E-state index contributed by atoms with van der Waals surface area (Å²) >= 11 is 0. The molecule has 3 heteroatoms. The molecule has 3 nitrogen and oxygen atoms in total. The maximum atomic E-state index is 9.97. The Kier molecular flexibility index (Phi) is 5.72. The molecule has 0 heterocycles. The minimum Gasteiger partial charge on any atom is -0.356 e. The summed E-state index contributed by atoms with van der Waals surface area (Å²) in [6.45, 7) is 2.02. The van der Waals surface area contributed by atoms with Crippen LogP contribution in [0.3, 0.4) is 0 Å². The molecule has 0 fully saturated rings. The molecule has 0 saturated carbocycles. The zero-order valence-electron chi connectivity index (χ0n) is 6.26. The van der Waals surface area contributed by atoms with Crippen LogP contribution in [0.1, 0.15) is 26.2 Å². The highest BCUT2D eigenvalue weighted by atomic mass is 16.1. The number of carbonyl (C=O) groups excluding carboxylic acids is 1. The SMILES string of the molecule is CCC(CCC=N)NC=O. The van der Waals surface area contributed by atoms with Crippen LogP contribution in [0.25, 0.3) is 0 Å². The highest BCUT2D eigenvalue weighted by Crippen LogP contribution is 1.97. The second-order valence-electron chi connectivity index (χ2n) is 2.17. The molecule has 1 atom stereocenters. The van der Waals surface area contributed by atoms with Crippen LogP contribution in [-0.2, 0) is 4.79 Å². The molecule has 2 N–H and O–H groups in total. The minimum atomic E-state index is 0.249. The van der Waals surface area contributed by atoms with E-state index in [0.717, 1.165) is 25.7 Å². The smallest absolute Gasteiger partial charge is 0.207 e. The quantitative estimate of drug-likeness (QED) is 0.421. The van der Waals surface area contributed by atoms with Crippen LogP contribution in [-0.4, -0.2) is 18.7 Å². The van der Waals surface area contributed by atoms with Crippen molar-refractivity contribution in [1.29, 1.82) is 5.41 Å². The van der Waals surface area contributed by atoms with E-state index in [4.69, 9.17) is 5.41 Å². The van der Waals surface area contributed by atoms with Crippen LogP contribution in [0.4, 0.5) is 0 Å². The number of rotatable bonds is 6. The van der Waals surface area contributed by atoms with Gasteiger partial charge in [0.1, 0.15) is 0 Å². The summed E-state index contributed by atoms with van der Waals surface area (Å²) in [6.07, 6.45) is 4.65. The molecule has 0 spiro atoms. The molecule has 0 aliphatic rings. The van der Waals surface area contributed by atoms with Gasteiger partial charge >= 0.3 is 0 Å².